The molecular weight excluding hydrogens is 520 g/mol. The highest BCUT2D eigenvalue weighted by Gasteiger charge is 2.35. The highest BCUT2D eigenvalue weighted by molar-refractivity contribution is 6.20. The number of carbonyl (C=O) groups is 3. The maximum atomic E-state index is 13.8. The van der Waals surface area contributed by atoms with Crippen LogP contribution in [0.5, 0.6) is 5.75 Å². The molecule has 0 aliphatic carbocycles. The van der Waals surface area contributed by atoms with Gasteiger partial charge >= 0.3 is 5.97 Å². The topological polar surface area (TPSA) is 103 Å². The lowest BCUT2D eigenvalue weighted by Crippen LogP contribution is -2.39. The van der Waals surface area contributed by atoms with Crippen LogP contribution in [0, 0.1) is 5.92 Å². The Morgan fingerprint density at radius 3 is 2.36 bits per heavy atom. The van der Waals surface area contributed by atoms with Crippen LogP contribution in [-0.2, 0) is 16.0 Å². The average molecular weight is 553 g/mol. The normalized spacial score (nSPS) is 14.4. The van der Waals surface area contributed by atoms with Gasteiger partial charge in [-0.3, -0.25) is 9.59 Å². The molecular formula is C29H33ClN4O5. The second-order valence-electron chi connectivity index (χ2n) is 9.50. The summed E-state index contributed by atoms with van der Waals surface area (Å²) in [6.45, 7) is 6.25. The van der Waals surface area contributed by atoms with E-state index in [9.17, 15) is 14.4 Å². The third kappa shape index (κ3) is 6.25. The van der Waals surface area contributed by atoms with E-state index in [0.717, 1.165) is 0 Å². The summed E-state index contributed by atoms with van der Waals surface area (Å²) in [5.74, 6) is -0.0204. The number of hydrogen-bond acceptors (Lipinski definition) is 6. The fourth-order valence-electron chi connectivity index (χ4n) is 4.42. The van der Waals surface area contributed by atoms with Crippen molar-refractivity contribution < 1.29 is 23.9 Å². The van der Waals surface area contributed by atoms with E-state index < -0.39 is 5.97 Å². The highest BCUT2D eigenvalue weighted by atomic mass is 35.5. The average Bonchev–Trinajstić information content (AvgIpc) is 3.33. The van der Waals surface area contributed by atoms with Gasteiger partial charge in [-0.15, -0.1) is 11.6 Å². The number of halogens is 1. The molecule has 10 heteroatoms. The maximum Gasteiger partial charge on any atom is 0.359 e. The number of aromatic nitrogens is 2. The van der Waals surface area contributed by atoms with Crippen LogP contribution in [0.4, 0.5) is 11.4 Å². The Morgan fingerprint density at radius 2 is 1.74 bits per heavy atom. The lowest BCUT2D eigenvalue weighted by molar-refractivity contribution is -0.116. The summed E-state index contributed by atoms with van der Waals surface area (Å²) in [7, 11) is 1.57. The van der Waals surface area contributed by atoms with Crippen molar-refractivity contribution in [1.29, 1.82) is 0 Å². The van der Waals surface area contributed by atoms with Gasteiger partial charge in [0.15, 0.2) is 5.69 Å². The lowest BCUT2D eigenvalue weighted by Gasteiger charge is -2.28. The van der Waals surface area contributed by atoms with Crippen molar-refractivity contribution in [3.63, 3.8) is 0 Å². The van der Waals surface area contributed by atoms with Crippen molar-refractivity contribution in [2.75, 3.05) is 30.5 Å². The Hall–Kier alpha value is -3.85. The van der Waals surface area contributed by atoms with Gasteiger partial charge in [-0.2, -0.15) is 5.10 Å². The van der Waals surface area contributed by atoms with Crippen LogP contribution in [0.2, 0.25) is 0 Å². The van der Waals surface area contributed by atoms with E-state index in [1.807, 2.05) is 13.8 Å². The number of esters is 1. The van der Waals surface area contributed by atoms with Gasteiger partial charge in [-0.1, -0.05) is 6.92 Å². The minimum Gasteiger partial charge on any atom is -0.497 e. The first kappa shape index (κ1) is 28.2. The van der Waals surface area contributed by atoms with E-state index in [1.54, 1.807) is 67.5 Å². The molecule has 0 bridgehead atoms. The number of nitrogens with zero attached hydrogens (tertiary/aromatic N) is 3. The summed E-state index contributed by atoms with van der Waals surface area (Å²) in [6.07, 6.45) is 1.52. The number of methoxy groups -OCH3 is 1. The van der Waals surface area contributed by atoms with Gasteiger partial charge in [0.05, 0.1) is 19.4 Å². The van der Waals surface area contributed by atoms with Crippen LogP contribution < -0.4 is 15.0 Å². The molecule has 1 aliphatic rings. The minimum atomic E-state index is -0.558. The second kappa shape index (κ2) is 12.3. The van der Waals surface area contributed by atoms with Gasteiger partial charge in [-0.05, 0) is 81.1 Å². The molecule has 0 saturated carbocycles. The number of amides is 2. The minimum absolute atomic E-state index is 0.00840. The Balaban J connectivity index is 1.57. The molecule has 0 radical (unpaired) electrons. The molecule has 2 amide bonds. The van der Waals surface area contributed by atoms with E-state index in [-0.39, 0.29) is 35.4 Å². The molecule has 0 saturated heterocycles. The molecule has 206 valence electrons. The van der Waals surface area contributed by atoms with Gasteiger partial charge in [0.1, 0.15) is 11.4 Å². The summed E-state index contributed by atoms with van der Waals surface area (Å²) < 4.78 is 12.0. The Bertz CT molecular complexity index is 1330. The van der Waals surface area contributed by atoms with Crippen LogP contribution in [0.15, 0.2) is 48.5 Å². The Morgan fingerprint density at radius 1 is 1.08 bits per heavy atom. The van der Waals surface area contributed by atoms with E-state index >= 15 is 0 Å². The van der Waals surface area contributed by atoms with Crippen LogP contribution in [0.25, 0.3) is 5.69 Å². The van der Waals surface area contributed by atoms with Crippen LogP contribution in [0.1, 0.15) is 60.2 Å². The molecule has 4 rings (SSSR count). The first-order chi connectivity index (χ1) is 18.7. The molecule has 2 atom stereocenters. The molecule has 9 nitrogen and oxygen atoms in total. The second-order valence-corrected chi connectivity index (χ2v) is 10.2. The monoisotopic (exact) mass is 552 g/mol. The highest BCUT2D eigenvalue weighted by Crippen LogP contribution is 2.30. The number of fused-ring (bicyclic) bond motifs is 1. The smallest absolute Gasteiger partial charge is 0.359 e. The SMILES string of the molecule is CCOC(=O)c1nn(-c2ccc(OC)cc2)c2c1CCN(c1ccc(NC(=O)CCC(C)C(C)Cl)cc1)C2=O. The van der Waals surface area contributed by atoms with E-state index in [4.69, 9.17) is 21.1 Å². The van der Waals surface area contributed by atoms with Crippen molar-refractivity contribution in [2.45, 2.75) is 45.4 Å². The van der Waals surface area contributed by atoms with E-state index in [1.165, 1.54) is 4.68 Å². The first-order valence-electron chi connectivity index (χ1n) is 13.0. The predicted octanol–water partition coefficient (Wildman–Crippen LogP) is 5.24. The zero-order chi connectivity index (χ0) is 28.1. The van der Waals surface area contributed by atoms with E-state index in [2.05, 4.69) is 10.4 Å². The molecule has 2 aromatic carbocycles. The maximum absolute atomic E-state index is 13.8. The Labute approximate surface area is 233 Å². The molecule has 1 aromatic heterocycles. The molecule has 2 heterocycles. The lowest BCUT2D eigenvalue weighted by atomic mass is 10.0. The zero-order valence-electron chi connectivity index (χ0n) is 22.6. The number of rotatable bonds is 10. The molecule has 0 fully saturated rings. The standard InChI is InChI=1S/C29H33ClN4O5/c1-5-39-29(37)26-24-16-17-33(28(36)27(24)34(32-26)22-11-13-23(38-4)14-12-22)21-9-7-20(8-10-21)31-25(35)15-6-18(2)19(3)30/h7-14,18-19H,5-6,15-17H2,1-4H3,(H,31,35). The van der Waals surface area contributed by atoms with Crippen LogP contribution in [0.3, 0.4) is 0 Å². The largest absolute Gasteiger partial charge is 0.497 e. The summed E-state index contributed by atoms with van der Waals surface area (Å²) in [5.41, 5.74) is 2.96. The van der Waals surface area contributed by atoms with Crippen molar-refractivity contribution in [3.8, 4) is 11.4 Å². The third-order valence-corrected chi connectivity index (χ3v) is 7.31. The van der Waals surface area contributed by atoms with E-state index in [0.29, 0.717) is 59.9 Å². The summed E-state index contributed by atoms with van der Waals surface area (Å²) in [6, 6.07) is 14.2. The van der Waals surface area contributed by atoms with Gasteiger partial charge in [-0.25, -0.2) is 9.48 Å². The van der Waals surface area contributed by atoms with Gasteiger partial charge in [0.25, 0.3) is 5.91 Å². The van der Waals surface area contributed by atoms with Crippen molar-refractivity contribution in [1.82, 2.24) is 9.78 Å². The fourth-order valence-corrected chi connectivity index (χ4v) is 4.54. The molecule has 3 aromatic rings. The predicted molar refractivity (Wildman–Crippen MR) is 150 cm³/mol. The zero-order valence-corrected chi connectivity index (χ0v) is 23.3. The third-order valence-electron chi connectivity index (χ3n) is 6.88. The summed E-state index contributed by atoms with van der Waals surface area (Å²) >= 11 is 6.10. The Kier molecular flexibility index (Phi) is 8.91. The van der Waals surface area contributed by atoms with Gasteiger partial charge in [0.2, 0.25) is 5.91 Å². The number of ether oxygens (including phenoxy) is 2. The van der Waals surface area contributed by atoms with Gasteiger partial charge < -0.3 is 19.7 Å². The number of nitrogens with one attached hydrogen (secondary N) is 1. The van der Waals surface area contributed by atoms with Crippen molar-refractivity contribution in [2.24, 2.45) is 5.92 Å². The summed E-state index contributed by atoms with van der Waals surface area (Å²) in [5, 5.41) is 7.41. The van der Waals surface area contributed by atoms with Gasteiger partial charge in [0, 0.05) is 35.3 Å². The quantitative estimate of drug-likeness (QED) is 0.272. The molecule has 39 heavy (non-hydrogen) atoms. The molecule has 1 aliphatic heterocycles. The number of hydrogen-bond donors (Lipinski definition) is 1. The fraction of sp³-hybridized carbons (Fsp3) is 0.379. The molecule has 0 spiro atoms. The van der Waals surface area contributed by atoms with Crippen molar-refractivity contribution in [3.05, 3.63) is 65.5 Å². The number of anilines is 2. The number of benzene rings is 2. The first-order valence-corrected chi connectivity index (χ1v) is 13.5. The van der Waals surface area contributed by atoms with Crippen molar-refractivity contribution >= 4 is 40.8 Å². The summed E-state index contributed by atoms with van der Waals surface area (Å²) in [4.78, 5) is 40.5. The number of alkyl halides is 1. The van der Waals surface area contributed by atoms with Crippen LogP contribution >= 0.6 is 11.6 Å². The number of carbonyl (C=O) groups excluding carboxylic acids is 3. The van der Waals surface area contributed by atoms with Crippen LogP contribution in [-0.4, -0.2) is 53.2 Å². The molecule has 2 unspecified atom stereocenters. The molecule has 1 N–H and O–H groups in total.